The molecule has 3 N–H and O–H groups in total. The van der Waals surface area contributed by atoms with E-state index in [1.807, 2.05) is 43.3 Å². The number of nitrogen functional groups attached to an aromatic ring is 1. The van der Waals surface area contributed by atoms with Crippen LogP contribution in [0, 0.1) is 6.92 Å². The fourth-order valence-electron chi connectivity index (χ4n) is 3.69. The Hall–Kier alpha value is -3.71. The zero-order valence-electron chi connectivity index (χ0n) is 17.4. The Kier molecular flexibility index (Phi) is 5.68. The van der Waals surface area contributed by atoms with Crippen molar-refractivity contribution in [2.75, 3.05) is 19.6 Å². The van der Waals surface area contributed by atoms with Crippen molar-refractivity contribution in [3.05, 3.63) is 59.8 Å². The minimum absolute atomic E-state index is 0.0731. The molecular formula is C24H23N3O4. The Morgan fingerprint density at radius 3 is 2.71 bits per heavy atom. The molecule has 0 saturated heterocycles. The topological polar surface area (TPSA) is 108 Å². The van der Waals surface area contributed by atoms with E-state index < -0.39 is 5.97 Å². The Balaban J connectivity index is 1.78. The van der Waals surface area contributed by atoms with E-state index in [1.54, 1.807) is 13.3 Å². The minimum atomic E-state index is -0.825. The van der Waals surface area contributed by atoms with Crippen molar-refractivity contribution in [3.8, 4) is 16.9 Å². The first-order valence-electron chi connectivity index (χ1n) is 9.88. The molecule has 4 rings (SSSR count). The van der Waals surface area contributed by atoms with Gasteiger partial charge in [0, 0.05) is 36.1 Å². The Bertz CT molecular complexity index is 1290. The van der Waals surface area contributed by atoms with Gasteiger partial charge in [-0.25, -0.2) is 4.98 Å². The van der Waals surface area contributed by atoms with Gasteiger partial charge < -0.3 is 20.3 Å². The standard InChI is InChI=1S/C24H23N3O4/c1-14-9-17(31-13-30-2)5-7-18(14)16-11-20-19-6-3-15(4-8-22(28)29)10-21(19)27-24(25)23(20)26-12-16/h3,5-7,9-12H,4,8,13H2,1-2H3,(H2,25,27)(H,28,29). The van der Waals surface area contributed by atoms with Crippen LogP contribution in [-0.4, -0.2) is 34.9 Å². The summed E-state index contributed by atoms with van der Waals surface area (Å²) in [6.45, 7) is 2.22. The normalized spacial score (nSPS) is 11.2. The van der Waals surface area contributed by atoms with E-state index >= 15 is 0 Å². The van der Waals surface area contributed by atoms with Gasteiger partial charge in [-0.15, -0.1) is 0 Å². The molecular weight excluding hydrogens is 394 g/mol. The average molecular weight is 417 g/mol. The number of carboxylic acids is 1. The first kappa shape index (κ1) is 20.6. The number of hydrogen-bond donors (Lipinski definition) is 2. The molecule has 2 heterocycles. The molecule has 7 heteroatoms. The number of pyridine rings is 2. The van der Waals surface area contributed by atoms with Crippen molar-refractivity contribution in [1.82, 2.24) is 9.97 Å². The maximum atomic E-state index is 10.9. The number of anilines is 1. The molecule has 0 amide bonds. The van der Waals surface area contributed by atoms with Gasteiger partial charge in [0.15, 0.2) is 12.6 Å². The van der Waals surface area contributed by atoms with Gasteiger partial charge in [-0.2, -0.15) is 0 Å². The second-order valence-corrected chi connectivity index (χ2v) is 7.39. The summed E-state index contributed by atoms with van der Waals surface area (Å²) in [4.78, 5) is 20.0. The van der Waals surface area contributed by atoms with Crippen molar-refractivity contribution in [2.45, 2.75) is 19.8 Å². The zero-order chi connectivity index (χ0) is 22.0. The van der Waals surface area contributed by atoms with Gasteiger partial charge in [-0.1, -0.05) is 18.2 Å². The van der Waals surface area contributed by atoms with Crippen molar-refractivity contribution < 1.29 is 19.4 Å². The molecule has 0 atom stereocenters. The number of fused-ring (bicyclic) bond motifs is 3. The zero-order valence-corrected chi connectivity index (χ0v) is 17.4. The van der Waals surface area contributed by atoms with Gasteiger partial charge in [-0.3, -0.25) is 9.78 Å². The Labute approximate surface area is 179 Å². The summed E-state index contributed by atoms with van der Waals surface area (Å²) >= 11 is 0. The van der Waals surface area contributed by atoms with Crippen LogP contribution in [0.15, 0.2) is 48.7 Å². The predicted molar refractivity (Wildman–Crippen MR) is 120 cm³/mol. The number of aryl methyl sites for hydroxylation is 2. The van der Waals surface area contributed by atoms with Gasteiger partial charge in [0.1, 0.15) is 11.3 Å². The predicted octanol–water partition coefficient (Wildman–Crippen LogP) is 4.34. The fraction of sp³-hybridized carbons (Fsp3) is 0.208. The van der Waals surface area contributed by atoms with Crippen molar-refractivity contribution in [3.63, 3.8) is 0 Å². The van der Waals surface area contributed by atoms with Crippen molar-refractivity contribution >= 4 is 33.6 Å². The van der Waals surface area contributed by atoms with E-state index in [9.17, 15) is 4.79 Å². The van der Waals surface area contributed by atoms with E-state index in [0.29, 0.717) is 17.8 Å². The summed E-state index contributed by atoms with van der Waals surface area (Å²) < 4.78 is 10.5. The minimum Gasteiger partial charge on any atom is -0.481 e. The Morgan fingerprint density at radius 1 is 1.13 bits per heavy atom. The molecule has 158 valence electrons. The number of carbonyl (C=O) groups is 1. The maximum Gasteiger partial charge on any atom is 0.303 e. The van der Waals surface area contributed by atoms with Gasteiger partial charge in [0.25, 0.3) is 0 Å². The third-order valence-corrected chi connectivity index (χ3v) is 5.20. The molecule has 0 aliphatic carbocycles. The number of methoxy groups -OCH3 is 1. The molecule has 4 aromatic rings. The number of hydrogen-bond acceptors (Lipinski definition) is 6. The Morgan fingerprint density at radius 2 is 1.97 bits per heavy atom. The third-order valence-electron chi connectivity index (χ3n) is 5.20. The summed E-state index contributed by atoms with van der Waals surface area (Å²) in [5, 5.41) is 10.8. The highest BCUT2D eigenvalue weighted by atomic mass is 16.7. The van der Waals surface area contributed by atoms with Crippen LogP contribution in [0.4, 0.5) is 5.82 Å². The lowest BCUT2D eigenvalue weighted by Crippen LogP contribution is -2.00. The van der Waals surface area contributed by atoms with Crippen LogP contribution in [0.2, 0.25) is 0 Å². The van der Waals surface area contributed by atoms with Gasteiger partial charge in [0.05, 0.1) is 5.52 Å². The lowest BCUT2D eigenvalue weighted by atomic mass is 9.98. The van der Waals surface area contributed by atoms with Crippen molar-refractivity contribution in [1.29, 1.82) is 0 Å². The smallest absolute Gasteiger partial charge is 0.303 e. The number of rotatable bonds is 7. The molecule has 2 aromatic heterocycles. The van der Waals surface area contributed by atoms with E-state index in [4.69, 9.17) is 20.3 Å². The van der Waals surface area contributed by atoms with E-state index in [0.717, 1.165) is 44.3 Å². The molecule has 0 spiro atoms. The van der Waals surface area contributed by atoms with Gasteiger partial charge in [0.2, 0.25) is 0 Å². The van der Waals surface area contributed by atoms with Crippen LogP contribution in [-0.2, 0) is 16.0 Å². The number of nitrogens with zero attached hydrogens (tertiary/aromatic N) is 2. The molecule has 0 aliphatic rings. The van der Waals surface area contributed by atoms with Crippen molar-refractivity contribution in [2.24, 2.45) is 0 Å². The molecule has 0 unspecified atom stereocenters. The number of ether oxygens (including phenoxy) is 2. The third kappa shape index (κ3) is 4.27. The highest BCUT2D eigenvalue weighted by Crippen LogP contribution is 2.33. The molecule has 7 nitrogen and oxygen atoms in total. The van der Waals surface area contributed by atoms with Gasteiger partial charge >= 0.3 is 5.97 Å². The van der Waals surface area contributed by atoms with Crippen LogP contribution < -0.4 is 10.5 Å². The number of carboxylic acid groups (broad SMARTS) is 1. The first-order chi connectivity index (χ1) is 15.0. The van der Waals surface area contributed by atoms with Crippen LogP contribution in [0.25, 0.3) is 32.9 Å². The lowest BCUT2D eigenvalue weighted by Gasteiger charge is -2.12. The highest BCUT2D eigenvalue weighted by molar-refractivity contribution is 6.09. The molecule has 0 fully saturated rings. The van der Waals surface area contributed by atoms with Gasteiger partial charge in [-0.05, 0) is 54.3 Å². The first-order valence-corrected chi connectivity index (χ1v) is 9.88. The quantitative estimate of drug-likeness (QED) is 0.340. The maximum absolute atomic E-state index is 10.9. The van der Waals surface area contributed by atoms with E-state index in [-0.39, 0.29) is 13.2 Å². The summed E-state index contributed by atoms with van der Waals surface area (Å²) in [5.41, 5.74) is 11.5. The molecule has 0 radical (unpaired) electrons. The largest absolute Gasteiger partial charge is 0.481 e. The van der Waals surface area contributed by atoms with E-state index in [2.05, 4.69) is 16.0 Å². The van der Waals surface area contributed by atoms with E-state index in [1.165, 1.54) is 0 Å². The molecule has 2 aromatic carbocycles. The van der Waals surface area contributed by atoms with Crippen LogP contribution in [0.5, 0.6) is 5.75 Å². The van der Waals surface area contributed by atoms with Crippen LogP contribution >= 0.6 is 0 Å². The highest BCUT2D eigenvalue weighted by Gasteiger charge is 2.12. The van der Waals surface area contributed by atoms with Crippen LogP contribution in [0.3, 0.4) is 0 Å². The molecule has 0 aliphatic heterocycles. The number of benzene rings is 2. The van der Waals surface area contributed by atoms with Crippen LogP contribution in [0.1, 0.15) is 17.5 Å². The number of aromatic nitrogens is 2. The lowest BCUT2D eigenvalue weighted by molar-refractivity contribution is -0.136. The fourth-order valence-corrected chi connectivity index (χ4v) is 3.69. The molecule has 0 bridgehead atoms. The average Bonchev–Trinajstić information content (AvgIpc) is 2.76. The SMILES string of the molecule is COCOc1ccc(-c2cnc3c(N)nc4cc(CCC(=O)O)ccc4c3c2)c(C)c1. The summed E-state index contributed by atoms with van der Waals surface area (Å²) in [5.74, 6) is 0.267. The second kappa shape index (κ2) is 8.57. The molecule has 0 saturated carbocycles. The summed E-state index contributed by atoms with van der Waals surface area (Å²) in [6, 6.07) is 13.7. The summed E-state index contributed by atoms with van der Waals surface area (Å²) in [7, 11) is 1.59. The second-order valence-electron chi connectivity index (χ2n) is 7.39. The monoisotopic (exact) mass is 417 g/mol. The summed E-state index contributed by atoms with van der Waals surface area (Å²) in [6.07, 6.45) is 2.31. The molecule has 31 heavy (non-hydrogen) atoms. The number of nitrogens with two attached hydrogens (primary N) is 1. The number of aliphatic carboxylic acids is 1.